The van der Waals surface area contributed by atoms with Gasteiger partial charge in [-0.25, -0.2) is 4.79 Å². The highest BCUT2D eigenvalue weighted by atomic mass is 16.5. The third-order valence-electron chi connectivity index (χ3n) is 4.27. The fraction of sp³-hybridized carbons (Fsp3) is 0.0909. The molecule has 2 N–H and O–H groups in total. The summed E-state index contributed by atoms with van der Waals surface area (Å²) in [6.45, 7) is 0.303. The van der Waals surface area contributed by atoms with Gasteiger partial charge in [-0.2, -0.15) is 0 Å². The smallest absolute Gasteiger partial charge is 0.341 e. The highest BCUT2D eigenvalue weighted by molar-refractivity contribution is 5.87. The highest BCUT2D eigenvalue weighted by Crippen LogP contribution is 2.17. The van der Waals surface area contributed by atoms with Crippen LogP contribution in [0.25, 0.3) is 12.2 Å². The van der Waals surface area contributed by atoms with Gasteiger partial charge in [-0.15, -0.1) is 0 Å². The number of aromatic hydroxyl groups is 1. The van der Waals surface area contributed by atoms with Crippen LogP contribution in [0.3, 0.4) is 0 Å². The number of ether oxygens (including phenoxy) is 1. The molecule has 0 atom stereocenters. The van der Waals surface area contributed by atoms with Gasteiger partial charge in [0.05, 0.1) is 13.3 Å². The number of aromatic nitrogens is 1. The van der Waals surface area contributed by atoms with E-state index in [4.69, 9.17) is 9.84 Å². The van der Waals surface area contributed by atoms with Gasteiger partial charge in [0.1, 0.15) is 11.3 Å². The van der Waals surface area contributed by atoms with Crippen LogP contribution in [-0.2, 0) is 6.54 Å². The van der Waals surface area contributed by atoms with E-state index < -0.39 is 22.7 Å². The van der Waals surface area contributed by atoms with Crippen LogP contribution in [0.4, 0.5) is 0 Å². The molecule has 3 aromatic rings. The van der Waals surface area contributed by atoms with Crippen LogP contribution in [0, 0.1) is 0 Å². The Balaban J connectivity index is 1.89. The van der Waals surface area contributed by atoms with Crippen molar-refractivity contribution in [3.05, 3.63) is 93.4 Å². The van der Waals surface area contributed by atoms with Gasteiger partial charge < -0.3 is 19.5 Å². The summed E-state index contributed by atoms with van der Waals surface area (Å²) in [4.78, 5) is 22.9. The number of benzene rings is 2. The fourth-order valence-corrected chi connectivity index (χ4v) is 2.80. The molecule has 28 heavy (non-hydrogen) atoms. The molecule has 0 amide bonds. The minimum Gasteiger partial charge on any atom is -0.503 e. The number of methoxy groups -OCH3 is 1. The molecule has 1 aromatic heterocycles. The number of hydrogen-bond acceptors (Lipinski definition) is 4. The van der Waals surface area contributed by atoms with Crippen molar-refractivity contribution >= 4 is 18.1 Å². The predicted octanol–water partition coefficient (Wildman–Crippen LogP) is 3.48. The first kappa shape index (κ1) is 19.0. The Morgan fingerprint density at radius 1 is 1.07 bits per heavy atom. The minimum absolute atomic E-state index is 0.303. The van der Waals surface area contributed by atoms with Crippen LogP contribution >= 0.6 is 0 Å². The zero-order valence-corrected chi connectivity index (χ0v) is 15.2. The molecule has 0 fully saturated rings. The van der Waals surface area contributed by atoms with Crippen molar-refractivity contribution in [1.82, 2.24) is 4.57 Å². The maximum absolute atomic E-state index is 11.7. The average Bonchev–Trinajstić information content (AvgIpc) is 2.70. The van der Waals surface area contributed by atoms with E-state index in [0.29, 0.717) is 6.54 Å². The van der Waals surface area contributed by atoms with Crippen LogP contribution in [-0.4, -0.2) is 27.9 Å². The average molecular weight is 377 g/mol. The third-order valence-corrected chi connectivity index (χ3v) is 4.27. The molecule has 0 aliphatic carbocycles. The molecule has 142 valence electrons. The molecule has 0 saturated carbocycles. The fourth-order valence-electron chi connectivity index (χ4n) is 2.80. The molecule has 0 spiro atoms. The molecule has 6 nitrogen and oxygen atoms in total. The lowest BCUT2D eigenvalue weighted by Crippen LogP contribution is -2.17. The van der Waals surface area contributed by atoms with E-state index in [-0.39, 0.29) is 0 Å². The lowest BCUT2D eigenvalue weighted by atomic mass is 10.1. The summed E-state index contributed by atoms with van der Waals surface area (Å²) in [7, 11) is 1.62. The zero-order chi connectivity index (χ0) is 20.1. The summed E-state index contributed by atoms with van der Waals surface area (Å²) in [6.07, 6.45) is 6.38. The standard InChI is InChI=1S/C22H19NO5/c1-28-18-10-7-15(8-11-18)6-9-16-4-2-3-5-17(16)12-23-13-19(22(26)27)21(25)20(24)14-23/h2-11,13-14,24H,12H2,1H3,(H,26,27)/b9-6+. The normalized spacial score (nSPS) is 10.9. The quantitative estimate of drug-likeness (QED) is 0.642. The summed E-state index contributed by atoms with van der Waals surface area (Å²) in [6, 6.07) is 15.3. The van der Waals surface area contributed by atoms with Gasteiger partial charge in [-0.1, -0.05) is 48.6 Å². The Labute approximate surface area is 161 Å². The molecule has 6 heteroatoms. The molecular weight excluding hydrogens is 358 g/mol. The lowest BCUT2D eigenvalue weighted by Gasteiger charge is -2.11. The number of pyridine rings is 1. The number of rotatable bonds is 6. The van der Waals surface area contributed by atoms with E-state index in [9.17, 15) is 14.7 Å². The molecule has 0 bridgehead atoms. The molecule has 0 aliphatic heterocycles. The number of aromatic carboxylic acids is 1. The van der Waals surface area contributed by atoms with Crippen LogP contribution in [0.5, 0.6) is 11.5 Å². The number of hydrogen-bond donors (Lipinski definition) is 2. The van der Waals surface area contributed by atoms with Crippen LogP contribution < -0.4 is 10.2 Å². The van der Waals surface area contributed by atoms with Gasteiger partial charge >= 0.3 is 5.97 Å². The van der Waals surface area contributed by atoms with Gasteiger partial charge in [-0.05, 0) is 28.8 Å². The van der Waals surface area contributed by atoms with Crippen LogP contribution in [0.15, 0.2) is 65.7 Å². The van der Waals surface area contributed by atoms with Gasteiger partial charge in [0, 0.05) is 12.7 Å². The Morgan fingerprint density at radius 3 is 2.46 bits per heavy atom. The van der Waals surface area contributed by atoms with Crippen molar-refractivity contribution in [1.29, 1.82) is 0 Å². The Hall–Kier alpha value is -3.80. The van der Waals surface area contributed by atoms with Gasteiger partial charge in [0.2, 0.25) is 5.43 Å². The molecule has 0 radical (unpaired) electrons. The first-order chi connectivity index (χ1) is 13.5. The maximum Gasteiger partial charge on any atom is 0.341 e. The SMILES string of the molecule is COc1ccc(/C=C/c2ccccc2Cn2cc(O)c(=O)c(C(=O)O)c2)cc1. The van der Waals surface area contributed by atoms with Crippen molar-refractivity contribution in [2.75, 3.05) is 7.11 Å². The van der Waals surface area contributed by atoms with Crippen molar-refractivity contribution in [2.45, 2.75) is 6.54 Å². The van der Waals surface area contributed by atoms with Gasteiger partial charge in [0.25, 0.3) is 0 Å². The first-order valence-electron chi connectivity index (χ1n) is 8.54. The minimum atomic E-state index is -1.37. The van der Waals surface area contributed by atoms with Gasteiger partial charge in [-0.3, -0.25) is 4.79 Å². The number of carboxylic acids is 1. The molecule has 0 unspecified atom stereocenters. The van der Waals surface area contributed by atoms with Crippen LogP contribution in [0.1, 0.15) is 27.0 Å². The summed E-state index contributed by atoms with van der Waals surface area (Å²) in [5.41, 5.74) is 1.49. The van der Waals surface area contributed by atoms with E-state index in [2.05, 4.69) is 0 Å². The highest BCUT2D eigenvalue weighted by Gasteiger charge is 2.13. The second-order valence-corrected chi connectivity index (χ2v) is 6.17. The molecule has 3 rings (SSSR count). The number of carboxylic acid groups (broad SMARTS) is 1. The van der Waals surface area contributed by atoms with Crippen molar-refractivity contribution in [3.8, 4) is 11.5 Å². The predicted molar refractivity (Wildman–Crippen MR) is 107 cm³/mol. The number of nitrogens with zero attached hydrogens (tertiary/aromatic N) is 1. The third kappa shape index (κ3) is 4.29. The molecule has 1 heterocycles. The zero-order valence-electron chi connectivity index (χ0n) is 15.2. The summed E-state index contributed by atoms with van der Waals surface area (Å²) >= 11 is 0. The second kappa shape index (κ2) is 8.26. The lowest BCUT2D eigenvalue weighted by molar-refractivity contribution is 0.0694. The first-order valence-corrected chi connectivity index (χ1v) is 8.54. The van der Waals surface area contributed by atoms with Crippen molar-refractivity contribution < 1.29 is 19.7 Å². The Kier molecular flexibility index (Phi) is 5.60. The number of carbonyl (C=O) groups is 1. The topological polar surface area (TPSA) is 88.8 Å². The monoisotopic (exact) mass is 377 g/mol. The Bertz CT molecular complexity index is 1080. The summed E-state index contributed by atoms with van der Waals surface area (Å²) in [5, 5.41) is 18.9. The van der Waals surface area contributed by atoms with E-state index in [1.165, 1.54) is 17.0 Å². The van der Waals surface area contributed by atoms with Gasteiger partial charge in [0.15, 0.2) is 5.75 Å². The second-order valence-electron chi connectivity index (χ2n) is 6.17. The van der Waals surface area contributed by atoms with E-state index >= 15 is 0 Å². The van der Waals surface area contributed by atoms with E-state index in [0.717, 1.165) is 22.4 Å². The summed E-state index contributed by atoms with van der Waals surface area (Å²) in [5.74, 6) is -1.18. The summed E-state index contributed by atoms with van der Waals surface area (Å²) < 4.78 is 6.64. The van der Waals surface area contributed by atoms with E-state index in [1.54, 1.807) is 7.11 Å². The van der Waals surface area contributed by atoms with Crippen molar-refractivity contribution in [2.24, 2.45) is 0 Å². The maximum atomic E-state index is 11.7. The van der Waals surface area contributed by atoms with Crippen molar-refractivity contribution in [3.63, 3.8) is 0 Å². The largest absolute Gasteiger partial charge is 0.503 e. The van der Waals surface area contributed by atoms with Crippen LogP contribution in [0.2, 0.25) is 0 Å². The Morgan fingerprint density at radius 2 is 1.79 bits per heavy atom. The van der Waals surface area contributed by atoms with E-state index in [1.807, 2.05) is 60.7 Å². The molecular formula is C22H19NO5. The molecule has 0 aliphatic rings. The molecule has 0 saturated heterocycles. The molecule has 2 aromatic carbocycles.